The lowest BCUT2D eigenvalue weighted by Crippen LogP contribution is -1.92. The van der Waals surface area contributed by atoms with Crippen LogP contribution >= 0.6 is 11.3 Å². The van der Waals surface area contributed by atoms with Gasteiger partial charge in [-0.05, 0) is 85.3 Å². The minimum Gasteiger partial charge on any atom is -0.298 e. The van der Waals surface area contributed by atoms with Crippen molar-refractivity contribution >= 4 is 17.6 Å². The lowest BCUT2D eigenvalue weighted by Gasteiger charge is -2.08. The maximum atomic E-state index is 11.2. The largest absolute Gasteiger partial charge is 0.298 e. The van der Waals surface area contributed by atoms with Gasteiger partial charge in [-0.2, -0.15) is 0 Å². The van der Waals surface area contributed by atoms with Crippen LogP contribution in [0.5, 0.6) is 0 Å². The van der Waals surface area contributed by atoms with Crippen molar-refractivity contribution < 1.29 is 4.79 Å². The van der Waals surface area contributed by atoms with Crippen molar-refractivity contribution in [3.05, 3.63) is 70.3 Å². The molecule has 0 N–H and O–H groups in total. The average Bonchev–Trinajstić information content (AvgIpc) is 2.96. The molecule has 1 heterocycles. The van der Waals surface area contributed by atoms with Crippen LogP contribution in [0.1, 0.15) is 32.6 Å². The van der Waals surface area contributed by atoms with Crippen LogP contribution < -0.4 is 0 Å². The Morgan fingerprint density at radius 3 is 1.91 bits per heavy atom. The van der Waals surface area contributed by atoms with Gasteiger partial charge in [-0.1, -0.05) is 18.2 Å². The molecule has 1 aromatic heterocycles. The monoisotopic (exact) mass is 320 g/mol. The molecule has 2 aromatic carbocycles. The molecule has 23 heavy (non-hydrogen) atoms. The van der Waals surface area contributed by atoms with E-state index in [4.69, 9.17) is 0 Å². The molecule has 0 bridgehead atoms. The Kier molecular flexibility index (Phi) is 4.18. The van der Waals surface area contributed by atoms with Gasteiger partial charge in [0.2, 0.25) is 0 Å². The number of aldehydes is 1. The van der Waals surface area contributed by atoms with Crippen LogP contribution in [0.15, 0.2) is 42.5 Å². The molecule has 0 aliphatic carbocycles. The summed E-state index contributed by atoms with van der Waals surface area (Å²) in [7, 11) is 0. The second-order valence-corrected chi connectivity index (χ2v) is 7.16. The van der Waals surface area contributed by atoms with Gasteiger partial charge in [0.15, 0.2) is 6.29 Å². The fourth-order valence-electron chi connectivity index (χ4n) is 3.13. The van der Waals surface area contributed by atoms with Gasteiger partial charge in [-0.3, -0.25) is 4.79 Å². The Hall–Kier alpha value is -2.19. The number of benzene rings is 2. The second kappa shape index (κ2) is 6.13. The van der Waals surface area contributed by atoms with Gasteiger partial charge in [0.05, 0.1) is 0 Å². The summed E-state index contributed by atoms with van der Waals surface area (Å²) in [5.74, 6) is 0. The SMILES string of the molecule is Cc1cc(-c2ccc(-c3c(C)cccc3C)s2)cc(C)c1C=O. The Morgan fingerprint density at radius 1 is 0.783 bits per heavy atom. The van der Waals surface area contributed by atoms with E-state index < -0.39 is 0 Å². The molecular formula is C21H20OS. The first-order chi connectivity index (χ1) is 11.0. The molecule has 116 valence electrons. The van der Waals surface area contributed by atoms with E-state index in [1.165, 1.54) is 32.0 Å². The Bertz CT molecular complexity index is 843. The Morgan fingerprint density at radius 2 is 1.35 bits per heavy atom. The summed E-state index contributed by atoms with van der Waals surface area (Å²) in [6.07, 6.45) is 0.949. The third kappa shape index (κ3) is 2.87. The summed E-state index contributed by atoms with van der Waals surface area (Å²) in [6.45, 7) is 8.32. The highest BCUT2D eigenvalue weighted by molar-refractivity contribution is 7.18. The number of thiophene rings is 1. The predicted molar refractivity (Wildman–Crippen MR) is 99.5 cm³/mol. The Labute approximate surface area is 141 Å². The molecule has 0 amide bonds. The van der Waals surface area contributed by atoms with Gasteiger partial charge in [-0.25, -0.2) is 0 Å². The molecule has 0 fully saturated rings. The van der Waals surface area contributed by atoms with Crippen molar-refractivity contribution in [3.63, 3.8) is 0 Å². The fraction of sp³-hybridized carbons (Fsp3) is 0.190. The quantitative estimate of drug-likeness (QED) is 0.531. The molecule has 0 aliphatic heterocycles. The molecule has 0 spiro atoms. The van der Waals surface area contributed by atoms with Gasteiger partial charge in [0, 0.05) is 15.3 Å². The van der Waals surface area contributed by atoms with Crippen molar-refractivity contribution in [1.82, 2.24) is 0 Å². The van der Waals surface area contributed by atoms with Crippen LogP contribution in [-0.2, 0) is 0 Å². The average molecular weight is 320 g/mol. The third-order valence-corrected chi connectivity index (χ3v) is 5.48. The fourth-order valence-corrected chi connectivity index (χ4v) is 4.30. The zero-order valence-electron chi connectivity index (χ0n) is 13.9. The van der Waals surface area contributed by atoms with Gasteiger partial charge >= 0.3 is 0 Å². The molecule has 0 aliphatic rings. The van der Waals surface area contributed by atoms with Crippen LogP contribution in [0.3, 0.4) is 0 Å². The first-order valence-electron chi connectivity index (χ1n) is 7.74. The lowest BCUT2D eigenvalue weighted by molar-refractivity contribution is 0.112. The highest BCUT2D eigenvalue weighted by Crippen LogP contribution is 2.38. The van der Waals surface area contributed by atoms with Crippen LogP contribution in [0.25, 0.3) is 20.9 Å². The smallest absolute Gasteiger partial charge is 0.150 e. The Balaban J connectivity index is 2.08. The number of carbonyl (C=O) groups excluding carboxylic acids is 1. The number of aryl methyl sites for hydroxylation is 4. The lowest BCUT2D eigenvalue weighted by atomic mass is 9.99. The van der Waals surface area contributed by atoms with Crippen LogP contribution in [-0.4, -0.2) is 6.29 Å². The first-order valence-corrected chi connectivity index (χ1v) is 8.56. The minimum atomic E-state index is 0.806. The van der Waals surface area contributed by atoms with E-state index in [1.54, 1.807) is 0 Å². The van der Waals surface area contributed by atoms with Crippen molar-refractivity contribution in [2.75, 3.05) is 0 Å². The van der Waals surface area contributed by atoms with E-state index in [1.807, 2.05) is 25.2 Å². The zero-order valence-corrected chi connectivity index (χ0v) is 14.8. The maximum absolute atomic E-state index is 11.2. The molecule has 3 rings (SSSR count). The number of hydrogen-bond acceptors (Lipinski definition) is 2. The van der Waals surface area contributed by atoms with Crippen LogP contribution in [0.4, 0.5) is 0 Å². The van der Waals surface area contributed by atoms with Gasteiger partial charge in [0.25, 0.3) is 0 Å². The molecule has 0 saturated heterocycles. The van der Waals surface area contributed by atoms with Crippen molar-refractivity contribution in [2.24, 2.45) is 0 Å². The van der Waals surface area contributed by atoms with Crippen LogP contribution in [0, 0.1) is 27.7 Å². The second-order valence-electron chi connectivity index (χ2n) is 6.07. The van der Waals surface area contributed by atoms with Crippen LogP contribution in [0.2, 0.25) is 0 Å². The topological polar surface area (TPSA) is 17.1 Å². The summed E-state index contributed by atoms with van der Waals surface area (Å²) in [5, 5.41) is 0. The van der Waals surface area contributed by atoms with Crippen molar-refractivity contribution in [2.45, 2.75) is 27.7 Å². The molecule has 2 heteroatoms. The molecule has 0 atom stereocenters. The molecule has 0 radical (unpaired) electrons. The normalized spacial score (nSPS) is 10.8. The standard InChI is InChI=1S/C21H20OS/c1-13-6-5-7-14(2)21(13)20-9-8-19(23-20)17-10-15(3)18(12-22)16(4)11-17/h5-12H,1-4H3. The summed E-state index contributed by atoms with van der Waals surface area (Å²) in [6, 6.07) is 15.0. The number of rotatable bonds is 3. The minimum absolute atomic E-state index is 0.806. The van der Waals surface area contributed by atoms with E-state index in [0.717, 1.165) is 23.0 Å². The van der Waals surface area contributed by atoms with Gasteiger partial charge < -0.3 is 0 Å². The van der Waals surface area contributed by atoms with E-state index >= 15 is 0 Å². The first kappa shape index (κ1) is 15.7. The predicted octanol–water partition coefficient (Wildman–Crippen LogP) is 6.13. The summed E-state index contributed by atoms with van der Waals surface area (Å²) in [4.78, 5) is 13.7. The van der Waals surface area contributed by atoms with E-state index in [0.29, 0.717) is 0 Å². The highest BCUT2D eigenvalue weighted by atomic mass is 32.1. The van der Waals surface area contributed by atoms with E-state index in [-0.39, 0.29) is 0 Å². The third-order valence-electron chi connectivity index (χ3n) is 4.33. The zero-order chi connectivity index (χ0) is 16.6. The molecule has 3 aromatic rings. The molecule has 0 saturated carbocycles. The number of carbonyl (C=O) groups is 1. The summed E-state index contributed by atoms with van der Waals surface area (Å²) < 4.78 is 0. The van der Waals surface area contributed by atoms with E-state index in [9.17, 15) is 4.79 Å². The summed E-state index contributed by atoms with van der Waals surface area (Å²) >= 11 is 1.81. The molecule has 1 nitrogen and oxygen atoms in total. The van der Waals surface area contributed by atoms with E-state index in [2.05, 4.69) is 56.3 Å². The van der Waals surface area contributed by atoms with Crippen molar-refractivity contribution in [3.8, 4) is 20.9 Å². The summed E-state index contributed by atoms with van der Waals surface area (Å²) in [5.41, 5.74) is 8.02. The molecule has 0 unspecified atom stereocenters. The number of hydrogen-bond donors (Lipinski definition) is 0. The molecular weight excluding hydrogens is 300 g/mol. The maximum Gasteiger partial charge on any atom is 0.150 e. The highest BCUT2D eigenvalue weighted by Gasteiger charge is 2.11. The van der Waals surface area contributed by atoms with Crippen molar-refractivity contribution in [1.29, 1.82) is 0 Å². The van der Waals surface area contributed by atoms with Gasteiger partial charge in [0.1, 0.15) is 0 Å². The van der Waals surface area contributed by atoms with Gasteiger partial charge in [-0.15, -0.1) is 11.3 Å².